The van der Waals surface area contributed by atoms with E-state index in [-0.39, 0.29) is 30.8 Å². The number of nitrogens with zero attached hydrogens (tertiary/aromatic N) is 1. The van der Waals surface area contributed by atoms with Gasteiger partial charge in [0.2, 0.25) is 0 Å². The molecular weight excluding hydrogens is 585 g/mol. The van der Waals surface area contributed by atoms with E-state index in [2.05, 4.69) is 15.9 Å². The number of halogens is 4. The predicted molar refractivity (Wildman–Crippen MR) is 129 cm³/mol. The summed E-state index contributed by atoms with van der Waals surface area (Å²) in [6.45, 7) is -0.533. The highest BCUT2D eigenvalue weighted by Crippen LogP contribution is 2.42. The van der Waals surface area contributed by atoms with Gasteiger partial charge >= 0.3 is 18.1 Å². The van der Waals surface area contributed by atoms with Crippen molar-refractivity contribution in [2.24, 2.45) is 11.1 Å². The molecule has 1 atom stereocenters. The number of methoxy groups -OCH3 is 2. The van der Waals surface area contributed by atoms with E-state index in [1.54, 1.807) is 6.07 Å². The molecule has 9 nitrogen and oxygen atoms in total. The van der Waals surface area contributed by atoms with Gasteiger partial charge in [0.05, 0.1) is 36.9 Å². The Bertz CT molecular complexity index is 1270. The topological polar surface area (TPSA) is 125 Å². The summed E-state index contributed by atoms with van der Waals surface area (Å²) in [6, 6.07) is 7.82. The Kier molecular flexibility index (Phi) is 8.44. The van der Waals surface area contributed by atoms with E-state index in [1.165, 1.54) is 12.1 Å². The summed E-state index contributed by atoms with van der Waals surface area (Å²) in [5.41, 5.74) is 2.68. The Hall–Kier alpha value is -2.84. The molecule has 37 heavy (non-hydrogen) atoms. The SMILES string of the molecule is COC(=O)C(CCN)(C[C@H]1CN(S(=O)(=O)c2cccc(C(F)(F)F)c2)c2cc(Br)ccc2O1)C(=O)OC. The van der Waals surface area contributed by atoms with Gasteiger partial charge < -0.3 is 19.9 Å². The predicted octanol–water partition coefficient (Wildman–Crippen LogP) is 3.50. The number of fused-ring (bicyclic) bond motifs is 1. The summed E-state index contributed by atoms with van der Waals surface area (Å²) in [4.78, 5) is 24.9. The summed E-state index contributed by atoms with van der Waals surface area (Å²) in [6.07, 6.45) is -6.41. The standard InChI is InChI=1S/C23H24BrF3N2O7S/c1-34-20(30)22(8-9-28,21(31)35-2)12-16-13-29(18-11-15(24)6-7-19(18)36-16)37(32,33)17-5-3-4-14(10-17)23(25,26)27/h3-7,10-11,16H,8-9,12-13,28H2,1-2H3/t16-/m0/s1. The van der Waals surface area contributed by atoms with Crippen LogP contribution in [-0.2, 0) is 35.3 Å². The van der Waals surface area contributed by atoms with Crippen LogP contribution in [0.5, 0.6) is 5.75 Å². The zero-order valence-electron chi connectivity index (χ0n) is 19.7. The van der Waals surface area contributed by atoms with Gasteiger partial charge in [0.25, 0.3) is 10.0 Å². The summed E-state index contributed by atoms with van der Waals surface area (Å²) < 4.78 is 84.2. The van der Waals surface area contributed by atoms with Gasteiger partial charge in [0, 0.05) is 10.9 Å². The van der Waals surface area contributed by atoms with Crippen LogP contribution in [0.4, 0.5) is 18.9 Å². The van der Waals surface area contributed by atoms with E-state index in [1.807, 2.05) is 0 Å². The average Bonchev–Trinajstić information content (AvgIpc) is 2.86. The second-order valence-electron chi connectivity index (χ2n) is 8.22. The number of benzene rings is 2. The van der Waals surface area contributed by atoms with Gasteiger partial charge in [-0.2, -0.15) is 13.2 Å². The molecule has 0 aromatic heterocycles. The molecule has 0 spiro atoms. The minimum atomic E-state index is -4.76. The van der Waals surface area contributed by atoms with Crippen LogP contribution in [-0.4, -0.2) is 53.8 Å². The Labute approximate surface area is 219 Å². The molecule has 2 N–H and O–H groups in total. The van der Waals surface area contributed by atoms with Crippen LogP contribution in [0.2, 0.25) is 0 Å². The van der Waals surface area contributed by atoms with E-state index in [9.17, 15) is 31.2 Å². The summed E-state index contributed by atoms with van der Waals surface area (Å²) >= 11 is 3.26. The van der Waals surface area contributed by atoms with Gasteiger partial charge in [-0.05, 0) is 49.4 Å². The lowest BCUT2D eigenvalue weighted by atomic mass is 9.78. The first kappa shape index (κ1) is 28.7. The van der Waals surface area contributed by atoms with Crippen LogP contribution in [0, 0.1) is 5.41 Å². The lowest BCUT2D eigenvalue weighted by molar-refractivity contribution is -0.172. The van der Waals surface area contributed by atoms with Crippen LogP contribution >= 0.6 is 15.9 Å². The first-order valence-electron chi connectivity index (χ1n) is 10.8. The maximum absolute atomic E-state index is 13.6. The number of carbonyl (C=O) groups excluding carboxylic acids is 2. The fraction of sp³-hybridized carbons (Fsp3) is 0.391. The molecule has 1 heterocycles. The molecule has 0 saturated carbocycles. The zero-order chi connectivity index (χ0) is 27.6. The molecule has 0 saturated heterocycles. The third-order valence-electron chi connectivity index (χ3n) is 5.90. The fourth-order valence-corrected chi connectivity index (χ4v) is 6.06. The number of rotatable bonds is 8. The van der Waals surface area contributed by atoms with E-state index in [0.717, 1.165) is 36.7 Å². The minimum Gasteiger partial charge on any atom is -0.486 e. The van der Waals surface area contributed by atoms with Gasteiger partial charge in [-0.1, -0.05) is 22.0 Å². The van der Waals surface area contributed by atoms with Crippen LogP contribution in [0.3, 0.4) is 0 Å². The number of alkyl halides is 3. The number of hydrogen-bond acceptors (Lipinski definition) is 8. The van der Waals surface area contributed by atoms with Crippen molar-refractivity contribution in [3.05, 3.63) is 52.5 Å². The quantitative estimate of drug-likeness (QED) is 0.356. The van der Waals surface area contributed by atoms with E-state index in [4.69, 9.17) is 19.9 Å². The van der Waals surface area contributed by atoms with Gasteiger partial charge in [-0.25, -0.2) is 8.42 Å². The van der Waals surface area contributed by atoms with Crippen molar-refractivity contribution in [2.75, 3.05) is 31.6 Å². The summed E-state index contributed by atoms with van der Waals surface area (Å²) in [5, 5.41) is 0. The van der Waals surface area contributed by atoms with Crippen molar-refractivity contribution in [1.29, 1.82) is 0 Å². The van der Waals surface area contributed by atoms with E-state index >= 15 is 0 Å². The van der Waals surface area contributed by atoms with Gasteiger partial charge in [0.1, 0.15) is 11.9 Å². The van der Waals surface area contributed by atoms with Crippen LogP contribution in [0.1, 0.15) is 18.4 Å². The largest absolute Gasteiger partial charge is 0.486 e. The van der Waals surface area contributed by atoms with Crippen molar-refractivity contribution >= 4 is 43.6 Å². The van der Waals surface area contributed by atoms with Crippen molar-refractivity contribution in [3.63, 3.8) is 0 Å². The highest BCUT2D eigenvalue weighted by molar-refractivity contribution is 9.10. The molecule has 14 heteroatoms. The first-order chi connectivity index (χ1) is 17.3. The Morgan fingerprint density at radius 2 is 1.78 bits per heavy atom. The summed E-state index contributed by atoms with van der Waals surface area (Å²) in [7, 11) is -2.39. The van der Waals surface area contributed by atoms with E-state index < -0.39 is 56.7 Å². The zero-order valence-corrected chi connectivity index (χ0v) is 22.2. The molecule has 0 amide bonds. The van der Waals surface area contributed by atoms with Crippen molar-refractivity contribution < 1.29 is 45.4 Å². The lowest BCUT2D eigenvalue weighted by Crippen LogP contribution is -2.50. The molecule has 0 fully saturated rings. The molecule has 202 valence electrons. The number of ether oxygens (including phenoxy) is 3. The fourth-order valence-electron chi connectivity index (χ4n) is 4.16. The Morgan fingerprint density at radius 3 is 2.35 bits per heavy atom. The van der Waals surface area contributed by atoms with Crippen molar-refractivity contribution in [1.82, 2.24) is 0 Å². The number of carbonyl (C=O) groups is 2. The monoisotopic (exact) mass is 608 g/mol. The third kappa shape index (κ3) is 5.70. The highest BCUT2D eigenvalue weighted by Gasteiger charge is 2.51. The van der Waals surface area contributed by atoms with Gasteiger partial charge in [0.15, 0.2) is 5.41 Å². The molecule has 3 rings (SSSR count). The maximum atomic E-state index is 13.6. The van der Waals surface area contributed by atoms with Crippen molar-refractivity contribution in [2.45, 2.75) is 30.0 Å². The average molecular weight is 609 g/mol. The molecule has 0 bridgehead atoms. The molecule has 0 aliphatic carbocycles. The van der Waals surface area contributed by atoms with Crippen molar-refractivity contribution in [3.8, 4) is 5.75 Å². The Morgan fingerprint density at radius 1 is 1.14 bits per heavy atom. The molecule has 1 aliphatic rings. The molecule has 0 unspecified atom stereocenters. The number of hydrogen-bond donors (Lipinski definition) is 1. The number of esters is 2. The lowest BCUT2D eigenvalue weighted by Gasteiger charge is -2.38. The third-order valence-corrected chi connectivity index (χ3v) is 8.17. The van der Waals surface area contributed by atoms with Gasteiger partial charge in [-0.3, -0.25) is 13.9 Å². The van der Waals surface area contributed by atoms with Crippen LogP contribution in [0.15, 0.2) is 51.8 Å². The first-order valence-corrected chi connectivity index (χ1v) is 13.1. The van der Waals surface area contributed by atoms with E-state index in [0.29, 0.717) is 10.5 Å². The second kappa shape index (κ2) is 10.9. The molecule has 1 aliphatic heterocycles. The second-order valence-corrected chi connectivity index (χ2v) is 11.0. The van der Waals surface area contributed by atoms with Gasteiger partial charge in [-0.15, -0.1) is 0 Å². The Balaban J connectivity index is 2.11. The normalized spacial score (nSPS) is 16.0. The molecule has 2 aromatic rings. The number of sulfonamides is 1. The minimum absolute atomic E-state index is 0.0589. The molecular formula is C23H24BrF3N2O7S. The highest BCUT2D eigenvalue weighted by atomic mass is 79.9. The number of nitrogens with two attached hydrogens (primary N) is 1. The maximum Gasteiger partial charge on any atom is 0.416 e. The van der Waals surface area contributed by atoms with Crippen LogP contribution in [0.25, 0.3) is 0 Å². The number of anilines is 1. The smallest absolute Gasteiger partial charge is 0.416 e. The summed E-state index contributed by atoms with van der Waals surface area (Å²) in [5.74, 6) is -1.81. The van der Waals surface area contributed by atoms with Crippen LogP contribution < -0.4 is 14.8 Å². The molecule has 2 aromatic carbocycles. The molecule has 0 radical (unpaired) electrons.